The number of halogens is 1. The SMILES string of the molecule is CCNC(=NCC1(C)CC1)N1CCC(c2cnn(C)c2)C1.I. The molecule has 1 saturated carbocycles. The van der Waals surface area contributed by atoms with Crippen LogP contribution >= 0.6 is 24.0 Å². The van der Waals surface area contributed by atoms with E-state index in [-0.39, 0.29) is 24.0 Å². The molecule has 0 aromatic carbocycles. The minimum atomic E-state index is 0. The van der Waals surface area contributed by atoms with Crippen LogP contribution in [0.2, 0.25) is 0 Å². The topological polar surface area (TPSA) is 45.5 Å². The van der Waals surface area contributed by atoms with E-state index in [9.17, 15) is 0 Å². The van der Waals surface area contributed by atoms with Gasteiger partial charge in [0.2, 0.25) is 0 Å². The number of rotatable bonds is 4. The predicted molar refractivity (Wildman–Crippen MR) is 101 cm³/mol. The van der Waals surface area contributed by atoms with Crippen LogP contribution in [0.25, 0.3) is 0 Å². The van der Waals surface area contributed by atoms with Crippen molar-refractivity contribution in [3.05, 3.63) is 18.0 Å². The molecule has 0 spiro atoms. The number of nitrogens with zero attached hydrogens (tertiary/aromatic N) is 4. The Morgan fingerprint density at radius 3 is 2.86 bits per heavy atom. The molecule has 6 heteroatoms. The van der Waals surface area contributed by atoms with Gasteiger partial charge < -0.3 is 10.2 Å². The Balaban J connectivity index is 0.00000176. The molecule has 3 rings (SSSR count). The highest BCUT2D eigenvalue weighted by molar-refractivity contribution is 14.0. The van der Waals surface area contributed by atoms with Crippen molar-refractivity contribution in [2.45, 2.75) is 39.0 Å². The van der Waals surface area contributed by atoms with E-state index >= 15 is 0 Å². The molecule has 1 aliphatic heterocycles. The molecule has 0 bridgehead atoms. The van der Waals surface area contributed by atoms with Gasteiger partial charge in [0.25, 0.3) is 0 Å². The van der Waals surface area contributed by atoms with Crippen LogP contribution in [0, 0.1) is 5.41 Å². The summed E-state index contributed by atoms with van der Waals surface area (Å²) in [6.45, 7) is 8.51. The van der Waals surface area contributed by atoms with E-state index in [4.69, 9.17) is 4.99 Å². The Morgan fingerprint density at radius 1 is 1.50 bits per heavy atom. The summed E-state index contributed by atoms with van der Waals surface area (Å²) in [4.78, 5) is 7.28. The van der Waals surface area contributed by atoms with Gasteiger partial charge in [0.15, 0.2) is 5.96 Å². The first-order valence-electron chi connectivity index (χ1n) is 8.11. The van der Waals surface area contributed by atoms with Gasteiger partial charge in [0.1, 0.15) is 0 Å². The zero-order valence-corrected chi connectivity index (χ0v) is 16.2. The summed E-state index contributed by atoms with van der Waals surface area (Å²) in [6, 6.07) is 0. The molecule has 1 atom stereocenters. The fourth-order valence-electron chi connectivity index (χ4n) is 2.94. The summed E-state index contributed by atoms with van der Waals surface area (Å²) in [5.74, 6) is 1.68. The van der Waals surface area contributed by atoms with Gasteiger partial charge in [0.05, 0.1) is 6.20 Å². The highest BCUT2D eigenvalue weighted by atomic mass is 127. The van der Waals surface area contributed by atoms with E-state index in [2.05, 4.69) is 35.4 Å². The molecule has 1 aromatic rings. The fraction of sp³-hybridized carbons (Fsp3) is 0.750. The second-order valence-corrected chi connectivity index (χ2v) is 6.86. The molecule has 5 nitrogen and oxygen atoms in total. The lowest BCUT2D eigenvalue weighted by molar-refractivity contribution is 0.479. The van der Waals surface area contributed by atoms with Gasteiger partial charge in [-0.1, -0.05) is 6.92 Å². The number of hydrogen-bond acceptors (Lipinski definition) is 2. The molecule has 2 fully saturated rings. The van der Waals surface area contributed by atoms with Crippen LogP contribution in [0.3, 0.4) is 0 Å². The molecule has 1 aliphatic carbocycles. The van der Waals surface area contributed by atoms with Crippen molar-refractivity contribution < 1.29 is 0 Å². The van der Waals surface area contributed by atoms with E-state index in [1.165, 1.54) is 24.8 Å². The molecule has 1 N–H and O–H groups in total. The summed E-state index contributed by atoms with van der Waals surface area (Å²) in [5, 5.41) is 7.75. The molecule has 0 amide bonds. The van der Waals surface area contributed by atoms with Gasteiger partial charge in [-0.25, -0.2) is 0 Å². The summed E-state index contributed by atoms with van der Waals surface area (Å²) >= 11 is 0. The minimum Gasteiger partial charge on any atom is -0.357 e. The van der Waals surface area contributed by atoms with Gasteiger partial charge in [-0.3, -0.25) is 9.67 Å². The van der Waals surface area contributed by atoms with Gasteiger partial charge in [-0.05, 0) is 37.2 Å². The molecule has 2 aliphatic rings. The molecule has 1 saturated heterocycles. The first-order valence-corrected chi connectivity index (χ1v) is 8.11. The number of likely N-dealkylation sites (tertiary alicyclic amines) is 1. The number of guanidine groups is 1. The molecule has 2 heterocycles. The van der Waals surface area contributed by atoms with Crippen molar-refractivity contribution in [2.75, 3.05) is 26.2 Å². The Morgan fingerprint density at radius 2 is 2.27 bits per heavy atom. The van der Waals surface area contributed by atoms with Crippen molar-refractivity contribution >= 4 is 29.9 Å². The van der Waals surface area contributed by atoms with Gasteiger partial charge in [-0.15, -0.1) is 24.0 Å². The highest BCUT2D eigenvalue weighted by Crippen LogP contribution is 2.45. The van der Waals surface area contributed by atoms with E-state index < -0.39 is 0 Å². The summed E-state index contributed by atoms with van der Waals surface area (Å²) < 4.78 is 1.89. The number of nitrogens with one attached hydrogen (secondary N) is 1. The Bertz CT molecular complexity index is 520. The molecular formula is C16H28IN5. The maximum Gasteiger partial charge on any atom is 0.193 e. The monoisotopic (exact) mass is 417 g/mol. The maximum absolute atomic E-state index is 4.87. The second-order valence-electron chi connectivity index (χ2n) is 6.86. The molecule has 1 unspecified atom stereocenters. The van der Waals surface area contributed by atoms with Crippen LogP contribution in [-0.4, -0.2) is 46.8 Å². The zero-order valence-electron chi connectivity index (χ0n) is 13.9. The second kappa shape index (κ2) is 7.19. The van der Waals surface area contributed by atoms with Crippen LogP contribution in [0.1, 0.15) is 44.6 Å². The molecule has 1 aromatic heterocycles. The van der Waals surface area contributed by atoms with E-state index in [1.807, 2.05) is 17.9 Å². The number of aliphatic imine (C=N–C) groups is 1. The average Bonchev–Trinajstić information content (AvgIpc) is 2.89. The maximum atomic E-state index is 4.87. The van der Waals surface area contributed by atoms with Crippen LogP contribution in [-0.2, 0) is 7.05 Å². The number of aromatic nitrogens is 2. The Labute approximate surface area is 150 Å². The minimum absolute atomic E-state index is 0. The van der Waals surface area contributed by atoms with Crippen molar-refractivity contribution in [1.29, 1.82) is 0 Å². The molecule has 124 valence electrons. The van der Waals surface area contributed by atoms with Gasteiger partial charge in [-0.2, -0.15) is 5.10 Å². The molecule has 22 heavy (non-hydrogen) atoms. The van der Waals surface area contributed by atoms with Crippen molar-refractivity contribution in [3.8, 4) is 0 Å². The van der Waals surface area contributed by atoms with Crippen LogP contribution in [0.5, 0.6) is 0 Å². The van der Waals surface area contributed by atoms with Crippen LogP contribution in [0.15, 0.2) is 17.4 Å². The summed E-state index contributed by atoms with van der Waals surface area (Å²) in [6.07, 6.45) is 7.99. The zero-order chi connectivity index (χ0) is 14.9. The number of aryl methyl sites for hydroxylation is 1. The summed E-state index contributed by atoms with van der Waals surface area (Å²) in [7, 11) is 1.98. The van der Waals surface area contributed by atoms with Crippen molar-refractivity contribution in [3.63, 3.8) is 0 Å². The van der Waals surface area contributed by atoms with Gasteiger partial charge in [0, 0.05) is 45.3 Å². The quantitative estimate of drug-likeness (QED) is 0.466. The van der Waals surface area contributed by atoms with E-state index in [1.54, 1.807) is 0 Å². The lowest BCUT2D eigenvalue weighted by atomic mass is 10.0. The first-order chi connectivity index (χ1) is 10.1. The van der Waals surface area contributed by atoms with Crippen molar-refractivity contribution in [2.24, 2.45) is 17.5 Å². The summed E-state index contributed by atoms with van der Waals surface area (Å²) in [5.41, 5.74) is 1.83. The fourth-order valence-corrected chi connectivity index (χ4v) is 2.94. The van der Waals surface area contributed by atoms with E-state index in [0.29, 0.717) is 11.3 Å². The number of hydrogen-bond donors (Lipinski definition) is 1. The smallest absolute Gasteiger partial charge is 0.193 e. The molecule has 0 radical (unpaired) electrons. The Kier molecular flexibility index (Phi) is 5.74. The third-order valence-corrected chi connectivity index (χ3v) is 4.73. The largest absolute Gasteiger partial charge is 0.357 e. The van der Waals surface area contributed by atoms with E-state index in [0.717, 1.165) is 32.1 Å². The van der Waals surface area contributed by atoms with Crippen molar-refractivity contribution in [1.82, 2.24) is 20.0 Å². The standard InChI is InChI=1S/C16H27N5.HI/c1-4-17-15(18-12-16(2)6-7-16)21-8-5-13(11-21)14-9-19-20(3)10-14;/h9-10,13H,4-8,11-12H2,1-3H3,(H,17,18);1H. The van der Waals surface area contributed by atoms with Gasteiger partial charge >= 0.3 is 0 Å². The lowest BCUT2D eigenvalue weighted by Gasteiger charge is -2.22. The normalized spacial score (nSPS) is 23.3. The predicted octanol–water partition coefficient (Wildman–Crippen LogP) is 2.59. The lowest BCUT2D eigenvalue weighted by Crippen LogP contribution is -2.40. The third-order valence-electron chi connectivity index (χ3n) is 4.73. The first kappa shape index (κ1) is 17.6. The Hall–Kier alpha value is -0.790. The van der Waals surface area contributed by atoms with Crippen LogP contribution in [0.4, 0.5) is 0 Å². The average molecular weight is 417 g/mol. The van der Waals surface area contributed by atoms with Crippen LogP contribution < -0.4 is 5.32 Å². The highest BCUT2D eigenvalue weighted by Gasteiger charge is 2.37. The molecular weight excluding hydrogens is 389 g/mol. The third kappa shape index (κ3) is 4.14.